The van der Waals surface area contributed by atoms with Crippen LogP contribution in [-0.2, 0) is 32.3 Å². The second-order valence-electron chi connectivity index (χ2n) is 11.8. The van der Waals surface area contributed by atoms with Gasteiger partial charge in [-0.2, -0.15) is 17.5 Å². The molecule has 9 nitrogen and oxygen atoms in total. The van der Waals surface area contributed by atoms with Crippen LogP contribution < -0.4 is 10.6 Å². The first-order chi connectivity index (χ1) is 19.1. The number of ether oxygens (including phenoxy) is 1. The minimum Gasteiger partial charge on any atom is -0.444 e. The standard InChI is InChI=1S/C28H37F3N4O5S/c1-26(2,3)40-25(37)32-18-19-9-10-20(22(17-19)28(29,30)31)11-16-41(38,39)35-14-12-27(13-15-35)24(36)33-23(34-27)21-7-5-4-6-8-21/h9-11,16-17,21H,4-8,12-15,18H2,1-3H3,(H,32,37)(H,33,34,36). The number of carbonyl (C=O) groups excluding carboxylic acids is 2. The zero-order chi connectivity index (χ0) is 30.1. The normalized spacial score (nSPS) is 20.7. The Morgan fingerprint density at radius 3 is 2.44 bits per heavy atom. The maximum absolute atomic E-state index is 13.8. The van der Waals surface area contributed by atoms with Crippen molar-refractivity contribution in [2.24, 2.45) is 10.9 Å². The number of sulfonamides is 1. The zero-order valence-electron chi connectivity index (χ0n) is 23.5. The number of alkyl halides is 3. The zero-order valence-corrected chi connectivity index (χ0v) is 24.3. The lowest BCUT2D eigenvalue weighted by Gasteiger charge is -2.34. The van der Waals surface area contributed by atoms with E-state index in [-0.39, 0.29) is 55.4 Å². The number of benzene rings is 1. The van der Waals surface area contributed by atoms with Crippen molar-refractivity contribution in [3.8, 4) is 0 Å². The number of amides is 2. The van der Waals surface area contributed by atoms with Crippen LogP contribution in [0.5, 0.6) is 0 Å². The van der Waals surface area contributed by atoms with Crippen molar-refractivity contribution in [1.29, 1.82) is 0 Å². The molecular formula is C28H37F3N4O5S. The number of rotatable bonds is 6. The molecule has 4 rings (SSSR count). The third-order valence-corrected chi connectivity index (χ3v) is 9.14. The van der Waals surface area contributed by atoms with E-state index in [0.29, 0.717) is 5.84 Å². The number of hydrogen-bond donors (Lipinski definition) is 2. The molecule has 0 atom stereocenters. The topological polar surface area (TPSA) is 117 Å². The monoisotopic (exact) mass is 598 g/mol. The van der Waals surface area contributed by atoms with Gasteiger partial charge in [0.05, 0.1) is 5.56 Å². The number of carbonyl (C=O) groups is 2. The molecule has 1 aliphatic carbocycles. The number of nitrogens with one attached hydrogen (secondary N) is 2. The highest BCUT2D eigenvalue weighted by atomic mass is 32.2. The maximum Gasteiger partial charge on any atom is 0.416 e. The molecule has 226 valence electrons. The van der Waals surface area contributed by atoms with Crippen molar-refractivity contribution in [3.05, 3.63) is 40.3 Å². The number of aliphatic imine (C=N–C) groups is 1. The van der Waals surface area contributed by atoms with E-state index in [1.165, 1.54) is 16.8 Å². The number of nitrogens with zero attached hydrogens (tertiary/aromatic N) is 2. The average molecular weight is 599 g/mol. The van der Waals surface area contributed by atoms with E-state index < -0.39 is 39.0 Å². The molecule has 2 fully saturated rings. The van der Waals surface area contributed by atoms with Gasteiger partial charge in [-0.05, 0) is 69.7 Å². The summed E-state index contributed by atoms with van der Waals surface area (Å²) in [7, 11) is -4.06. The van der Waals surface area contributed by atoms with Crippen LogP contribution in [0, 0.1) is 5.92 Å². The Labute approximate surface area is 238 Å². The van der Waals surface area contributed by atoms with E-state index in [1.807, 2.05) is 0 Å². The van der Waals surface area contributed by atoms with Crippen molar-refractivity contribution < 1.29 is 35.9 Å². The third-order valence-electron chi connectivity index (χ3n) is 7.58. The Hall–Kier alpha value is -2.93. The molecule has 2 heterocycles. The van der Waals surface area contributed by atoms with Crippen molar-refractivity contribution in [1.82, 2.24) is 14.9 Å². The molecule has 2 N–H and O–H groups in total. The lowest BCUT2D eigenvalue weighted by Crippen LogP contribution is -2.50. The summed E-state index contributed by atoms with van der Waals surface area (Å²) < 4.78 is 73.9. The van der Waals surface area contributed by atoms with E-state index in [2.05, 4.69) is 10.6 Å². The largest absolute Gasteiger partial charge is 0.444 e. The molecule has 1 saturated heterocycles. The van der Waals surface area contributed by atoms with Gasteiger partial charge in [0.25, 0.3) is 5.91 Å². The van der Waals surface area contributed by atoms with Crippen LogP contribution in [0.15, 0.2) is 28.6 Å². The maximum atomic E-state index is 13.8. The Balaban J connectivity index is 1.43. The summed E-state index contributed by atoms with van der Waals surface area (Å²) in [6, 6.07) is 3.41. The molecule has 41 heavy (non-hydrogen) atoms. The van der Waals surface area contributed by atoms with Crippen LogP contribution in [0.4, 0.5) is 18.0 Å². The minimum absolute atomic E-state index is 0.0307. The molecular weight excluding hydrogens is 561 g/mol. The first-order valence-corrected chi connectivity index (χ1v) is 15.3. The molecule has 1 spiro atoms. The van der Waals surface area contributed by atoms with Crippen molar-refractivity contribution in [3.63, 3.8) is 0 Å². The smallest absolute Gasteiger partial charge is 0.416 e. The van der Waals surface area contributed by atoms with Gasteiger partial charge in [-0.1, -0.05) is 31.4 Å². The first kappa shape index (κ1) is 31.0. The van der Waals surface area contributed by atoms with Gasteiger partial charge in [-0.3, -0.25) is 9.79 Å². The van der Waals surface area contributed by atoms with Gasteiger partial charge < -0.3 is 15.4 Å². The number of hydrogen-bond acceptors (Lipinski definition) is 6. The highest BCUT2D eigenvalue weighted by Gasteiger charge is 2.48. The van der Waals surface area contributed by atoms with Gasteiger partial charge in [0.2, 0.25) is 10.0 Å². The van der Waals surface area contributed by atoms with Gasteiger partial charge >= 0.3 is 12.3 Å². The molecule has 1 saturated carbocycles. The lowest BCUT2D eigenvalue weighted by atomic mass is 9.88. The molecule has 0 radical (unpaired) electrons. The highest BCUT2D eigenvalue weighted by molar-refractivity contribution is 7.92. The molecule has 0 aromatic heterocycles. The third kappa shape index (κ3) is 7.68. The molecule has 0 unspecified atom stereocenters. The predicted octanol–water partition coefficient (Wildman–Crippen LogP) is 4.97. The summed E-state index contributed by atoms with van der Waals surface area (Å²) in [5.41, 5.74) is -2.93. The molecule has 1 aromatic carbocycles. The summed E-state index contributed by atoms with van der Waals surface area (Å²) in [4.78, 5) is 29.4. The summed E-state index contributed by atoms with van der Waals surface area (Å²) >= 11 is 0. The Bertz CT molecular complexity index is 1320. The predicted molar refractivity (Wildman–Crippen MR) is 148 cm³/mol. The van der Waals surface area contributed by atoms with Gasteiger partial charge in [0.1, 0.15) is 17.0 Å². The number of piperidine rings is 1. The Kier molecular flexibility index (Phi) is 8.89. The minimum atomic E-state index is -4.76. The molecule has 2 amide bonds. The number of halogens is 3. The SMILES string of the molecule is CC(C)(C)OC(=O)NCc1ccc(C=CS(=O)(=O)N2CCC3(CC2)N=C(C2CCCCC2)NC3=O)c(C(F)(F)F)c1. The second kappa shape index (κ2) is 11.7. The van der Waals surface area contributed by atoms with Crippen molar-refractivity contribution >= 4 is 33.9 Å². The quantitative estimate of drug-likeness (QED) is 0.480. The first-order valence-electron chi connectivity index (χ1n) is 13.8. The van der Waals surface area contributed by atoms with Crippen LogP contribution in [0.25, 0.3) is 6.08 Å². The summed E-state index contributed by atoms with van der Waals surface area (Å²) in [5.74, 6) is 0.719. The molecule has 3 aliphatic rings. The lowest BCUT2D eigenvalue weighted by molar-refractivity contribution is -0.137. The van der Waals surface area contributed by atoms with E-state index >= 15 is 0 Å². The van der Waals surface area contributed by atoms with Crippen molar-refractivity contribution in [2.45, 2.75) is 89.6 Å². The van der Waals surface area contributed by atoms with E-state index in [0.717, 1.165) is 49.3 Å². The highest BCUT2D eigenvalue weighted by Crippen LogP contribution is 2.36. The second-order valence-corrected chi connectivity index (χ2v) is 13.7. The summed E-state index contributed by atoms with van der Waals surface area (Å²) in [6.45, 7) is 4.86. The fourth-order valence-electron chi connectivity index (χ4n) is 5.40. The molecule has 13 heteroatoms. The van der Waals surface area contributed by atoms with Gasteiger partial charge in [-0.25, -0.2) is 13.2 Å². The summed E-state index contributed by atoms with van der Waals surface area (Å²) in [6.07, 6.45) is 1.11. The molecule has 0 bridgehead atoms. The fourth-order valence-corrected chi connectivity index (χ4v) is 6.58. The Morgan fingerprint density at radius 2 is 1.83 bits per heavy atom. The van der Waals surface area contributed by atoms with Crippen LogP contribution >= 0.6 is 0 Å². The van der Waals surface area contributed by atoms with Crippen LogP contribution in [0.2, 0.25) is 0 Å². The van der Waals surface area contributed by atoms with Crippen molar-refractivity contribution in [2.75, 3.05) is 13.1 Å². The van der Waals surface area contributed by atoms with E-state index in [9.17, 15) is 31.2 Å². The fraction of sp³-hybridized carbons (Fsp3) is 0.607. The Morgan fingerprint density at radius 1 is 1.17 bits per heavy atom. The van der Waals surface area contributed by atoms with Crippen LogP contribution in [0.1, 0.15) is 82.4 Å². The number of alkyl carbamates (subject to hydrolysis) is 1. The molecule has 2 aliphatic heterocycles. The summed E-state index contributed by atoms with van der Waals surface area (Å²) in [5, 5.41) is 6.10. The van der Waals surface area contributed by atoms with E-state index in [1.54, 1.807) is 20.8 Å². The van der Waals surface area contributed by atoms with Crippen LogP contribution in [-0.4, -0.2) is 54.8 Å². The van der Waals surface area contributed by atoms with Gasteiger partial charge in [-0.15, -0.1) is 0 Å². The van der Waals surface area contributed by atoms with E-state index in [4.69, 9.17) is 9.73 Å². The number of amidine groups is 1. The average Bonchev–Trinajstić information content (AvgIpc) is 3.21. The van der Waals surface area contributed by atoms with Gasteiger partial charge in [0, 0.05) is 31.0 Å². The van der Waals surface area contributed by atoms with Gasteiger partial charge in [0.15, 0.2) is 0 Å². The van der Waals surface area contributed by atoms with Crippen LogP contribution in [0.3, 0.4) is 0 Å². The molecule has 1 aromatic rings.